The molecule has 0 radical (unpaired) electrons. The zero-order valence-corrected chi connectivity index (χ0v) is 19.9. The van der Waals surface area contributed by atoms with Gasteiger partial charge in [0, 0.05) is 18.3 Å². The molecule has 35 heavy (non-hydrogen) atoms. The van der Waals surface area contributed by atoms with Crippen molar-refractivity contribution in [2.75, 3.05) is 11.4 Å². The first-order valence-corrected chi connectivity index (χ1v) is 11.2. The van der Waals surface area contributed by atoms with E-state index in [2.05, 4.69) is 20.4 Å². The van der Waals surface area contributed by atoms with Crippen LogP contribution >= 0.6 is 0 Å². The number of carbonyl (C=O) groups excluding carboxylic acids is 2. The minimum Gasteiger partial charge on any atom is -0.338 e. The number of hydrogen-bond acceptors (Lipinski definition) is 5. The highest BCUT2D eigenvalue weighted by molar-refractivity contribution is 6.01. The van der Waals surface area contributed by atoms with Crippen LogP contribution in [0.1, 0.15) is 61.9 Å². The van der Waals surface area contributed by atoms with Crippen LogP contribution in [-0.2, 0) is 11.0 Å². The SMILES string of the molecule is CCC(NC(=O)c1nccc(C(F)(F)F)n1)C(=O)N(CC)c1c(C(C)C)cnn1-c1ccccc1. The number of alkyl halides is 3. The molecule has 3 rings (SSSR count). The Labute approximate surface area is 201 Å². The maximum atomic E-state index is 13.6. The van der Waals surface area contributed by atoms with Gasteiger partial charge in [0.05, 0.1) is 11.9 Å². The smallest absolute Gasteiger partial charge is 0.338 e. The first-order valence-electron chi connectivity index (χ1n) is 11.2. The molecule has 1 unspecified atom stereocenters. The zero-order chi connectivity index (χ0) is 25.8. The molecule has 3 aromatic rings. The maximum absolute atomic E-state index is 13.6. The molecular weight excluding hydrogens is 461 g/mol. The molecule has 11 heteroatoms. The lowest BCUT2D eigenvalue weighted by atomic mass is 10.1. The Bertz CT molecular complexity index is 1180. The summed E-state index contributed by atoms with van der Waals surface area (Å²) >= 11 is 0. The molecule has 2 aromatic heterocycles. The van der Waals surface area contributed by atoms with Gasteiger partial charge in [0.15, 0.2) is 0 Å². The van der Waals surface area contributed by atoms with E-state index in [4.69, 9.17) is 0 Å². The molecule has 0 bridgehead atoms. The van der Waals surface area contributed by atoms with Gasteiger partial charge in [-0.05, 0) is 37.5 Å². The number of nitrogens with one attached hydrogen (secondary N) is 1. The van der Waals surface area contributed by atoms with Crippen LogP contribution in [0.5, 0.6) is 0 Å². The lowest BCUT2D eigenvalue weighted by molar-refractivity contribution is -0.141. The van der Waals surface area contributed by atoms with E-state index < -0.39 is 35.6 Å². The molecule has 0 aliphatic carbocycles. The summed E-state index contributed by atoms with van der Waals surface area (Å²) in [6.45, 7) is 7.75. The second kappa shape index (κ2) is 10.7. The number of benzene rings is 1. The highest BCUT2D eigenvalue weighted by Gasteiger charge is 2.34. The lowest BCUT2D eigenvalue weighted by Gasteiger charge is -2.28. The maximum Gasteiger partial charge on any atom is 0.433 e. The first-order chi connectivity index (χ1) is 16.6. The van der Waals surface area contributed by atoms with Crippen molar-refractivity contribution in [1.82, 2.24) is 25.1 Å². The third-order valence-corrected chi connectivity index (χ3v) is 5.39. The first kappa shape index (κ1) is 25.9. The van der Waals surface area contributed by atoms with E-state index in [0.717, 1.165) is 17.4 Å². The second-order valence-electron chi connectivity index (χ2n) is 8.11. The van der Waals surface area contributed by atoms with Gasteiger partial charge < -0.3 is 5.32 Å². The van der Waals surface area contributed by atoms with Gasteiger partial charge in [-0.2, -0.15) is 18.3 Å². The number of nitrogens with zero attached hydrogens (tertiary/aromatic N) is 5. The molecular formula is C24H27F3N6O2. The summed E-state index contributed by atoms with van der Waals surface area (Å²) in [6.07, 6.45) is -1.95. The summed E-state index contributed by atoms with van der Waals surface area (Å²) in [6, 6.07) is 8.98. The fraction of sp³-hybridized carbons (Fsp3) is 0.375. The van der Waals surface area contributed by atoms with Crippen LogP contribution in [0, 0.1) is 0 Å². The predicted octanol–water partition coefficient (Wildman–Crippen LogP) is 4.37. The molecule has 2 amide bonds. The highest BCUT2D eigenvalue weighted by atomic mass is 19.4. The van der Waals surface area contributed by atoms with E-state index in [1.165, 1.54) is 4.90 Å². The van der Waals surface area contributed by atoms with Crippen molar-refractivity contribution in [3.05, 3.63) is 65.9 Å². The van der Waals surface area contributed by atoms with Gasteiger partial charge >= 0.3 is 6.18 Å². The molecule has 1 N–H and O–H groups in total. The largest absolute Gasteiger partial charge is 0.433 e. The van der Waals surface area contributed by atoms with Crippen LogP contribution in [-0.4, -0.2) is 44.1 Å². The van der Waals surface area contributed by atoms with Gasteiger partial charge in [-0.3, -0.25) is 14.5 Å². The average Bonchev–Trinajstić information content (AvgIpc) is 3.28. The van der Waals surface area contributed by atoms with Crippen molar-refractivity contribution in [2.24, 2.45) is 0 Å². The van der Waals surface area contributed by atoms with Gasteiger partial charge in [0.2, 0.25) is 5.82 Å². The monoisotopic (exact) mass is 488 g/mol. The minimum atomic E-state index is -4.72. The molecule has 2 heterocycles. The lowest BCUT2D eigenvalue weighted by Crippen LogP contribution is -2.49. The minimum absolute atomic E-state index is 0.0532. The van der Waals surface area contributed by atoms with Gasteiger partial charge in [-0.1, -0.05) is 39.0 Å². The van der Waals surface area contributed by atoms with Crippen molar-refractivity contribution in [2.45, 2.75) is 52.3 Å². The molecule has 8 nitrogen and oxygen atoms in total. The third kappa shape index (κ3) is 5.67. The van der Waals surface area contributed by atoms with E-state index in [1.807, 2.05) is 44.2 Å². The topological polar surface area (TPSA) is 93.0 Å². The summed E-state index contributed by atoms with van der Waals surface area (Å²) in [5.74, 6) is -1.42. The summed E-state index contributed by atoms with van der Waals surface area (Å²) in [5, 5.41) is 6.99. The van der Waals surface area contributed by atoms with E-state index in [0.29, 0.717) is 11.9 Å². The van der Waals surface area contributed by atoms with E-state index in [-0.39, 0.29) is 18.9 Å². The normalized spacial score (nSPS) is 12.5. The average molecular weight is 489 g/mol. The predicted molar refractivity (Wildman–Crippen MR) is 124 cm³/mol. The standard InChI is InChI=1S/C24H27F3N6O2/c1-5-18(30-21(34)20-28-13-12-19(31-20)24(25,26)27)23(35)32(6-2)22-17(15(3)4)14-29-33(22)16-10-8-7-9-11-16/h7-15,18H,5-6H2,1-4H3,(H,30,34). The molecule has 0 aliphatic rings. The quantitative estimate of drug-likeness (QED) is 0.509. The molecule has 0 saturated carbocycles. The Morgan fingerprint density at radius 1 is 1.11 bits per heavy atom. The van der Waals surface area contributed by atoms with Crippen LogP contribution in [0.4, 0.5) is 19.0 Å². The number of amides is 2. The number of rotatable bonds is 8. The van der Waals surface area contributed by atoms with E-state index >= 15 is 0 Å². The number of halogens is 3. The van der Waals surface area contributed by atoms with Gasteiger partial charge in [-0.25, -0.2) is 14.6 Å². The summed E-state index contributed by atoms with van der Waals surface area (Å²) in [5.41, 5.74) is 0.363. The zero-order valence-electron chi connectivity index (χ0n) is 19.9. The Morgan fingerprint density at radius 2 is 1.80 bits per heavy atom. The molecule has 0 fully saturated rings. The summed E-state index contributed by atoms with van der Waals surface area (Å²) in [4.78, 5) is 34.7. The van der Waals surface area contributed by atoms with Crippen LogP contribution in [0.15, 0.2) is 48.8 Å². The molecule has 1 aromatic carbocycles. The number of para-hydroxylation sites is 1. The van der Waals surface area contributed by atoms with Crippen LogP contribution < -0.4 is 10.2 Å². The number of hydrogen-bond donors (Lipinski definition) is 1. The Kier molecular flexibility index (Phi) is 7.88. The number of aromatic nitrogens is 4. The Balaban J connectivity index is 1.93. The van der Waals surface area contributed by atoms with Crippen molar-refractivity contribution in [1.29, 1.82) is 0 Å². The third-order valence-electron chi connectivity index (χ3n) is 5.39. The summed E-state index contributed by atoms with van der Waals surface area (Å²) < 4.78 is 40.6. The van der Waals surface area contributed by atoms with Crippen molar-refractivity contribution in [3.8, 4) is 5.69 Å². The number of likely N-dealkylation sites (N-methyl/N-ethyl adjacent to an activating group) is 1. The van der Waals surface area contributed by atoms with Crippen molar-refractivity contribution < 1.29 is 22.8 Å². The van der Waals surface area contributed by atoms with Crippen molar-refractivity contribution >= 4 is 17.6 Å². The van der Waals surface area contributed by atoms with Crippen LogP contribution in [0.3, 0.4) is 0 Å². The number of anilines is 1. The van der Waals surface area contributed by atoms with Gasteiger partial charge in [0.25, 0.3) is 11.8 Å². The Hall–Kier alpha value is -3.76. The number of carbonyl (C=O) groups is 2. The van der Waals surface area contributed by atoms with Crippen LogP contribution in [0.25, 0.3) is 5.69 Å². The molecule has 0 aliphatic heterocycles. The fourth-order valence-corrected chi connectivity index (χ4v) is 3.58. The molecule has 186 valence electrons. The highest BCUT2D eigenvalue weighted by Crippen LogP contribution is 2.31. The van der Waals surface area contributed by atoms with Gasteiger partial charge in [-0.15, -0.1) is 0 Å². The Morgan fingerprint density at radius 3 is 2.37 bits per heavy atom. The van der Waals surface area contributed by atoms with E-state index in [9.17, 15) is 22.8 Å². The van der Waals surface area contributed by atoms with Gasteiger partial charge in [0.1, 0.15) is 17.6 Å². The van der Waals surface area contributed by atoms with Crippen molar-refractivity contribution in [3.63, 3.8) is 0 Å². The molecule has 0 spiro atoms. The molecule has 0 saturated heterocycles. The van der Waals surface area contributed by atoms with E-state index in [1.54, 1.807) is 24.7 Å². The summed E-state index contributed by atoms with van der Waals surface area (Å²) in [7, 11) is 0. The van der Waals surface area contributed by atoms with Crippen LogP contribution in [0.2, 0.25) is 0 Å². The molecule has 1 atom stereocenters. The second-order valence-corrected chi connectivity index (χ2v) is 8.11. The fourth-order valence-electron chi connectivity index (χ4n) is 3.58.